The zero-order chi connectivity index (χ0) is 16.9. The highest BCUT2D eigenvalue weighted by molar-refractivity contribution is 9.10. The van der Waals surface area contributed by atoms with E-state index in [4.69, 9.17) is 0 Å². The summed E-state index contributed by atoms with van der Waals surface area (Å²) in [5.41, 5.74) is 3.31. The van der Waals surface area contributed by atoms with Gasteiger partial charge in [0.05, 0.1) is 0 Å². The standard InChI is InChI=1S/C19H23BrN2O/c1-19(2,3)14-4-8-16(9-5-14)21-13-12-18(23)22-17-10-6-15(20)7-11-17/h4-11,21H,12-13H2,1-3H3,(H,22,23). The smallest absolute Gasteiger partial charge is 0.226 e. The summed E-state index contributed by atoms with van der Waals surface area (Å²) in [5.74, 6) is 0.00568. The number of rotatable bonds is 5. The van der Waals surface area contributed by atoms with Crippen molar-refractivity contribution in [2.24, 2.45) is 0 Å². The van der Waals surface area contributed by atoms with Gasteiger partial charge < -0.3 is 10.6 Å². The molecule has 0 spiro atoms. The van der Waals surface area contributed by atoms with Crippen LogP contribution in [0.25, 0.3) is 0 Å². The molecule has 0 aliphatic rings. The van der Waals surface area contributed by atoms with Crippen molar-refractivity contribution in [2.45, 2.75) is 32.6 Å². The van der Waals surface area contributed by atoms with E-state index in [0.717, 1.165) is 15.8 Å². The molecule has 0 atom stereocenters. The Hall–Kier alpha value is -1.81. The van der Waals surface area contributed by atoms with Gasteiger partial charge in [-0.25, -0.2) is 0 Å². The Labute approximate surface area is 146 Å². The lowest BCUT2D eigenvalue weighted by atomic mass is 9.87. The van der Waals surface area contributed by atoms with Crippen LogP contribution in [0.2, 0.25) is 0 Å². The maximum Gasteiger partial charge on any atom is 0.226 e. The lowest BCUT2D eigenvalue weighted by Gasteiger charge is -2.19. The van der Waals surface area contributed by atoms with Gasteiger partial charge in [-0.15, -0.1) is 0 Å². The number of benzene rings is 2. The molecule has 0 aliphatic heterocycles. The lowest BCUT2D eigenvalue weighted by Crippen LogP contribution is -2.16. The van der Waals surface area contributed by atoms with Crippen molar-refractivity contribution in [3.63, 3.8) is 0 Å². The summed E-state index contributed by atoms with van der Waals surface area (Å²) in [6, 6.07) is 15.9. The van der Waals surface area contributed by atoms with Gasteiger partial charge in [-0.1, -0.05) is 48.8 Å². The average molecular weight is 375 g/mol. The lowest BCUT2D eigenvalue weighted by molar-refractivity contribution is -0.115. The first-order valence-corrected chi connectivity index (χ1v) is 8.54. The number of amides is 1. The molecule has 0 unspecified atom stereocenters. The second kappa shape index (κ2) is 7.64. The van der Waals surface area contributed by atoms with E-state index in [1.165, 1.54) is 5.56 Å². The Morgan fingerprint density at radius 2 is 1.52 bits per heavy atom. The highest BCUT2D eigenvalue weighted by Gasteiger charge is 2.12. The number of carbonyl (C=O) groups is 1. The average Bonchev–Trinajstić information content (AvgIpc) is 2.49. The molecule has 0 saturated carbocycles. The minimum absolute atomic E-state index is 0.00568. The number of carbonyl (C=O) groups excluding carboxylic acids is 1. The number of anilines is 2. The Morgan fingerprint density at radius 1 is 0.957 bits per heavy atom. The van der Waals surface area contributed by atoms with Crippen LogP contribution in [0, 0.1) is 0 Å². The van der Waals surface area contributed by atoms with Crippen molar-refractivity contribution in [1.82, 2.24) is 0 Å². The molecule has 1 amide bonds. The van der Waals surface area contributed by atoms with Crippen LogP contribution < -0.4 is 10.6 Å². The second-order valence-electron chi connectivity index (χ2n) is 6.56. The molecule has 0 saturated heterocycles. The highest BCUT2D eigenvalue weighted by Crippen LogP contribution is 2.23. The topological polar surface area (TPSA) is 41.1 Å². The van der Waals surface area contributed by atoms with Crippen molar-refractivity contribution < 1.29 is 4.79 Å². The van der Waals surface area contributed by atoms with E-state index in [2.05, 4.69) is 71.6 Å². The number of hydrogen-bond donors (Lipinski definition) is 2. The van der Waals surface area contributed by atoms with Crippen molar-refractivity contribution in [2.75, 3.05) is 17.2 Å². The van der Waals surface area contributed by atoms with Crippen LogP contribution in [0.4, 0.5) is 11.4 Å². The van der Waals surface area contributed by atoms with Gasteiger partial charge in [0, 0.05) is 28.8 Å². The minimum Gasteiger partial charge on any atom is -0.385 e. The molecular weight excluding hydrogens is 352 g/mol. The maximum atomic E-state index is 11.9. The SMILES string of the molecule is CC(C)(C)c1ccc(NCCC(=O)Nc2ccc(Br)cc2)cc1. The summed E-state index contributed by atoms with van der Waals surface area (Å²) in [6.45, 7) is 7.20. The van der Waals surface area contributed by atoms with E-state index in [1.807, 2.05) is 24.3 Å². The molecule has 23 heavy (non-hydrogen) atoms. The van der Waals surface area contributed by atoms with Gasteiger partial charge in [-0.05, 0) is 47.4 Å². The molecule has 4 heteroatoms. The van der Waals surface area contributed by atoms with Crippen LogP contribution in [-0.2, 0) is 10.2 Å². The first-order chi connectivity index (χ1) is 10.8. The highest BCUT2D eigenvalue weighted by atomic mass is 79.9. The van der Waals surface area contributed by atoms with Crippen LogP contribution in [0.15, 0.2) is 53.0 Å². The molecule has 0 bridgehead atoms. The maximum absolute atomic E-state index is 11.9. The summed E-state index contributed by atoms with van der Waals surface area (Å²) < 4.78 is 0.996. The zero-order valence-electron chi connectivity index (χ0n) is 13.8. The molecule has 0 aromatic heterocycles. The molecule has 0 radical (unpaired) electrons. The van der Waals surface area contributed by atoms with E-state index >= 15 is 0 Å². The quantitative estimate of drug-likeness (QED) is 0.755. The van der Waals surface area contributed by atoms with Gasteiger partial charge in [0.15, 0.2) is 0 Å². The molecule has 0 aliphatic carbocycles. The summed E-state index contributed by atoms with van der Waals surface area (Å²) in [6.07, 6.45) is 0.428. The molecule has 2 rings (SSSR count). The third-order valence-electron chi connectivity index (χ3n) is 3.56. The van der Waals surface area contributed by atoms with Gasteiger partial charge in [-0.2, -0.15) is 0 Å². The van der Waals surface area contributed by atoms with E-state index in [0.29, 0.717) is 13.0 Å². The predicted octanol–water partition coefficient (Wildman–Crippen LogP) is 5.19. The fourth-order valence-corrected chi connectivity index (χ4v) is 2.43. The zero-order valence-corrected chi connectivity index (χ0v) is 15.4. The number of hydrogen-bond acceptors (Lipinski definition) is 2. The number of halogens is 1. The van der Waals surface area contributed by atoms with E-state index in [9.17, 15) is 4.79 Å². The summed E-state index contributed by atoms with van der Waals surface area (Å²) in [5, 5.41) is 6.17. The molecule has 0 fully saturated rings. The third-order valence-corrected chi connectivity index (χ3v) is 4.09. The molecule has 2 aromatic carbocycles. The Balaban J connectivity index is 1.78. The number of nitrogens with one attached hydrogen (secondary N) is 2. The summed E-state index contributed by atoms with van der Waals surface area (Å²) in [7, 11) is 0. The molecule has 2 aromatic rings. The van der Waals surface area contributed by atoms with Gasteiger partial charge in [0.25, 0.3) is 0 Å². The first-order valence-electron chi connectivity index (χ1n) is 7.74. The normalized spacial score (nSPS) is 11.1. The van der Waals surface area contributed by atoms with E-state index in [-0.39, 0.29) is 11.3 Å². The first kappa shape index (κ1) is 17.5. The molecule has 3 nitrogen and oxygen atoms in total. The fourth-order valence-electron chi connectivity index (χ4n) is 2.17. The van der Waals surface area contributed by atoms with Crippen LogP contribution in [0.1, 0.15) is 32.8 Å². The fraction of sp³-hybridized carbons (Fsp3) is 0.316. The summed E-state index contributed by atoms with van der Waals surface area (Å²) >= 11 is 3.37. The van der Waals surface area contributed by atoms with Crippen LogP contribution in [-0.4, -0.2) is 12.5 Å². The molecule has 122 valence electrons. The van der Waals surface area contributed by atoms with Crippen molar-refractivity contribution in [3.05, 3.63) is 58.6 Å². The molecular formula is C19H23BrN2O. The van der Waals surface area contributed by atoms with Crippen LogP contribution in [0.5, 0.6) is 0 Å². The van der Waals surface area contributed by atoms with E-state index < -0.39 is 0 Å². The van der Waals surface area contributed by atoms with Crippen molar-refractivity contribution in [3.8, 4) is 0 Å². The van der Waals surface area contributed by atoms with Crippen LogP contribution >= 0.6 is 15.9 Å². The summed E-state index contributed by atoms with van der Waals surface area (Å²) in [4.78, 5) is 11.9. The Morgan fingerprint density at radius 3 is 2.09 bits per heavy atom. The Kier molecular flexibility index (Phi) is 5.83. The van der Waals surface area contributed by atoms with Crippen LogP contribution in [0.3, 0.4) is 0 Å². The minimum atomic E-state index is 0.00568. The van der Waals surface area contributed by atoms with Gasteiger partial charge in [0.1, 0.15) is 0 Å². The van der Waals surface area contributed by atoms with E-state index in [1.54, 1.807) is 0 Å². The molecule has 2 N–H and O–H groups in total. The largest absolute Gasteiger partial charge is 0.385 e. The monoisotopic (exact) mass is 374 g/mol. The predicted molar refractivity (Wildman–Crippen MR) is 101 cm³/mol. The van der Waals surface area contributed by atoms with Gasteiger partial charge >= 0.3 is 0 Å². The third kappa shape index (κ3) is 5.71. The van der Waals surface area contributed by atoms with Gasteiger partial charge in [0.2, 0.25) is 5.91 Å². The second-order valence-corrected chi connectivity index (χ2v) is 7.47. The van der Waals surface area contributed by atoms with Crippen molar-refractivity contribution in [1.29, 1.82) is 0 Å². The van der Waals surface area contributed by atoms with Crippen molar-refractivity contribution >= 4 is 33.2 Å². The molecule has 0 heterocycles. The van der Waals surface area contributed by atoms with Gasteiger partial charge in [-0.3, -0.25) is 4.79 Å². The Bertz CT molecular complexity index is 643.